The molecule has 0 saturated carbocycles. The van der Waals surface area contributed by atoms with Gasteiger partial charge in [0.05, 0.1) is 23.0 Å². The van der Waals surface area contributed by atoms with Crippen LogP contribution >= 0.6 is 0 Å². The van der Waals surface area contributed by atoms with Crippen molar-refractivity contribution < 1.29 is 0 Å². The number of nitrogens with zero attached hydrogens (tertiary/aromatic N) is 2. The van der Waals surface area contributed by atoms with Crippen LogP contribution in [0.4, 0.5) is 5.69 Å². The van der Waals surface area contributed by atoms with E-state index in [-0.39, 0.29) is 0 Å². The number of aliphatic imine (C=N–C) groups is 1. The van der Waals surface area contributed by atoms with Crippen LogP contribution in [-0.4, -0.2) is 5.71 Å². The van der Waals surface area contributed by atoms with Gasteiger partial charge in [0.1, 0.15) is 0 Å². The van der Waals surface area contributed by atoms with Gasteiger partial charge in [0.25, 0.3) is 0 Å². The highest BCUT2D eigenvalue weighted by Gasteiger charge is 2.21. The largest absolute Gasteiger partial charge is 0.247 e. The number of fused-ring (bicyclic) bond motifs is 4. The molecule has 8 rings (SSSR count). The Hall–Kier alpha value is -6.56. The predicted molar refractivity (Wildman–Crippen MR) is 204 cm³/mol. The molecule has 0 saturated heterocycles. The van der Waals surface area contributed by atoms with Crippen LogP contribution in [0.15, 0.2) is 175 Å². The standard InChI is InChI=1S/C46H30N2/c1-2-3-14-32-16-6-13-24-43(32)48-46(34-26-25-31-15-4-5-17-33(31)29-34)45-40-22-11-9-20-38(40)44(39-21-10-12-23-41(39)45)42-28-27-35(30-47)36-18-7-8-19-37(36)42/h2-29H,1H2/b14-3-,48-46+. The van der Waals surface area contributed by atoms with E-state index >= 15 is 0 Å². The van der Waals surface area contributed by atoms with Crippen LogP contribution in [0, 0.1) is 11.3 Å². The molecule has 0 radical (unpaired) electrons. The van der Waals surface area contributed by atoms with E-state index in [0.29, 0.717) is 5.56 Å². The summed E-state index contributed by atoms with van der Waals surface area (Å²) in [5, 5.41) is 18.8. The smallest absolute Gasteiger partial charge is 0.0998 e. The molecule has 0 spiro atoms. The Kier molecular flexibility index (Phi) is 7.42. The van der Waals surface area contributed by atoms with Crippen molar-refractivity contribution in [3.8, 4) is 17.2 Å². The second-order valence-corrected chi connectivity index (χ2v) is 11.8. The molecular weight excluding hydrogens is 581 g/mol. The van der Waals surface area contributed by atoms with Gasteiger partial charge in [-0.2, -0.15) is 5.26 Å². The summed E-state index contributed by atoms with van der Waals surface area (Å²) in [5.74, 6) is 0. The fraction of sp³-hybridized carbons (Fsp3) is 0. The second kappa shape index (κ2) is 12.3. The quantitative estimate of drug-likeness (QED) is 0.105. The van der Waals surface area contributed by atoms with Gasteiger partial charge in [0, 0.05) is 22.1 Å². The summed E-state index contributed by atoms with van der Waals surface area (Å²) in [5.41, 5.74) is 7.87. The molecule has 0 amide bonds. The third-order valence-electron chi connectivity index (χ3n) is 9.09. The normalized spacial score (nSPS) is 11.9. The highest BCUT2D eigenvalue weighted by atomic mass is 14.8. The van der Waals surface area contributed by atoms with E-state index in [1.165, 1.54) is 5.39 Å². The zero-order chi connectivity index (χ0) is 32.5. The van der Waals surface area contributed by atoms with Gasteiger partial charge in [-0.3, -0.25) is 0 Å². The van der Waals surface area contributed by atoms with Crippen LogP contribution in [0.3, 0.4) is 0 Å². The van der Waals surface area contributed by atoms with Crippen molar-refractivity contribution in [2.75, 3.05) is 0 Å². The number of allylic oxidation sites excluding steroid dienone is 2. The minimum atomic E-state index is 0.675. The summed E-state index contributed by atoms with van der Waals surface area (Å²) in [6, 6.07) is 55.3. The molecule has 2 heteroatoms. The average molecular weight is 611 g/mol. The molecule has 0 unspecified atom stereocenters. The Morgan fingerprint density at radius 2 is 1.19 bits per heavy atom. The van der Waals surface area contributed by atoms with Gasteiger partial charge in [-0.05, 0) is 67.0 Å². The Labute approximate surface area is 279 Å². The third-order valence-corrected chi connectivity index (χ3v) is 9.09. The molecule has 0 bridgehead atoms. The van der Waals surface area contributed by atoms with E-state index in [4.69, 9.17) is 4.99 Å². The minimum absolute atomic E-state index is 0.675. The number of rotatable bonds is 6. The van der Waals surface area contributed by atoms with Crippen molar-refractivity contribution in [1.29, 1.82) is 5.26 Å². The highest BCUT2D eigenvalue weighted by Crippen LogP contribution is 2.43. The zero-order valence-corrected chi connectivity index (χ0v) is 26.3. The van der Waals surface area contributed by atoms with Gasteiger partial charge < -0.3 is 0 Å². The molecular formula is C46H30N2. The van der Waals surface area contributed by atoms with Crippen molar-refractivity contribution in [1.82, 2.24) is 0 Å². The first-order valence-corrected chi connectivity index (χ1v) is 16.1. The topological polar surface area (TPSA) is 36.1 Å². The molecule has 0 aromatic heterocycles. The third kappa shape index (κ3) is 4.96. The number of benzene rings is 8. The van der Waals surface area contributed by atoms with Crippen molar-refractivity contribution in [3.05, 3.63) is 193 Å². The Balaban J connectivity index is 1.51. The monoisotopic (exact) mass is 610 g/mol. The summed E-state index contributed by atoms with van der Waals surface area (Å²) < 4.78 is 0. The van der Waals surface area contributed by atoms with Crippen LogP contribution in [0.2, 0.25) is 0 Å². The highest BCUT2D eigenvalue weighted by molar-refractivity contribution is 6.31. The van der Waals surface area contributed by atoms with Crippen LogP contribution in [-0.2, 0) is 0 Å². The maximum absolute atomic E-state index is 9.93. The zero-order valence-electron chi connectivity index (χ0n) is 26.3. The van der Waals surface area contributed by atoms with E-state index in [2.05, 4.69) is 140 Å². The first-order valence-electron chi connectivity index (χ1n) is 16.1. The second-order valence-electron chi connectivity index (χ2n) is 11.8. The fourth-order valence-electron chi connectivity index (χ4n) is 6.91. The van der Waals surface area contributed by atoms with Crippen molar-refractivity contribution in [2.45, 2.75) is 0 Å². The summed E-state index contributed by atoms with van der Waals surface area (Å²) in [4.78, 5) is 5.53. The molecule has 0 atom stereocenters. The van der Waals surface area contributed by atoms with Crippen LogP contribution in [0.25, 0.3) is 60.3 Å². The summed E-state index contributed by atoms with van der Waals surface area (Å²) in [7, 11) is 0. The Morgan fingerprint density at radius 1 is 0.583 bits per heavy atom. The average Bonchev–Trinajstić information content (AvgIpc) is 3.15. The van der Waals surface area contributed by atoms with Gasteiger partial charge >= 0.3 is 0 Å². The summed E-state index contributed by atoms with van der Waals surface area (Å²) >= 11 is 0. The molecule has 2 nitrogen and oxygen atoms in total. The van der Waals surface area contributed by atoms with Crippen molar-refractivity contribution >= 4 is 60.6 Å². The number of para-hydroxylation sites is 1. The van der Waals surface area contributed by atoms with E-state index in [1.807, 2.05) is 36.4 Å². The molecule has 224 valence electrons. The van der Waals surface area contributed by atoms with Crippen LogP contribution < -0.4 is 0 Å². The lowest BCUT2D eigenvalue weighted by Gasteiger charge is -2.20. The number of hydrogen-bond donors (Lipinski definition) is 0. The lowest BCUT2D eigenvalue weighted by Crippen LogP contribution is -2.07. The Bertz CT molecular complexity index is 2590. The van der Waals surface area contributed by atoms with Gasteiger partial charge in [-0.15, -0.1) is 0 Å². The van der Waals surface area contributed by atoms with Crippen molar-refractivity contribution in [3.63, 3.8) is 0 Å². The minimum Gasteiger partial charge on any atom is -0.247 e. The molecule has 0 fully saturated rings. The number of hydrogen-bond acceptors (Lipinski definition) is 2. The first kappa shape index (κ1) is 28.9. The van der Waals surface area contributed by atoms with Gasteiger partial charge in [-0.25, -0.2) is 4.99 Å². The van der Waals surface area contributed by atoms with Gasteiger partial charge in [-0.1, -0.05) is 158 Å². The lowest BCUT2D eigenvalue weighted by molar-refractivity contribution is 1.48. The first-order chi connectivity index (χ1) is 23.7. The Morgan fingerprint density at radius 3 is 1.90 bits per heavy atom. The molecule has 0 heterocycles. The predicted octanol–water partition coefficient (Wildman–Crippen LogP) is 12.2. The van der Waals surface area contributed by atoms with E-state index in [9.17, 15) is 5.26 Å². The SMILES string of the molecule is C=C/C=C\c1ccccc1/N=C(\c1ccc2ccccc2c1)c1c2ccccc2c(-c2ccc(C#N)c3ccccc23)c2ccccc12. The molecule has 0 aliphatic carbocycles. The maximum Gasteiger partial charge on any atom is 0.0998 e. The van der Waals surface area contributed by atoms with Gasteiger partial charge in [0.2, 0.25) is 0 Å². The van der Waals surface area contributed by atoms with E-state index < -0.39 is 0 Å². The van der Waals surface area contributed by atoms with E-state index in [1.54, 1.807) is 6.08 Å². The fourth-order valence-corrected chi connectivity index (χ4v) is 6.91. The van der Waals surface area contributed by atoms with Crippen LogP contribution in [0.1, 0.15) is 22.3 Å². The van der Waals surface area contributed by atoms with Crippen molar-refractivity contribution in [2.24, 2.45) is 4.99 Å². The van der Waals surface area contributed by atoms with Gasteiger partial charge in [0.15, 0.2) is 0 Å². The van der Waals surface area contributed by atoms with E-state index in [0.717, 1.165) is 76.9 Å². The molecule has 0 aliphatic heterocycles. The molecule has 8 aromatic rings. The molecule has 48 heavy (non-hydrogen) atoms. The summed E-state index contributed by atoms with van der Waals surface area (Å²) in [6.45, 7) is 3.88. The van der Waals surface area contributed by atoms with Crippen LogP contribution in [0.5, 0.6) is 0 Å². The molecule has 0 N–H and O–H groups in total. The number of nitriles is 1. The lowest BCUT2D eigenvalue weighted by atomic mass is 9.83. The molecule has 8 aromatic carbocycles. The maximum atomic E-state index is 9.93. The molecule has 0 aliphatic rings. The summed E-state index contributed by atoms with van der Waals surface area (Å²) in [6.07, 6.45) is 5.79.